The molecule has 4 rings (SSSR count). The predicted molar refractivity (Wildman–Crippen MR) is 90.4 cm³/mol. The van der Waals surface area contributed by atoms with Gasteiger partial charge in [0.15, 0.2) is 0 Å². The maximum atomic E-state index is 4.66. The second kappa shape index (κ2) is 5.96. The minimum atomic E-state index is 0.832. The summed E-state index contributed by atoms with van der Waals surface area (Å²) < 4.78 is 0. The molecule has 0 radical (unpaired) electrons. The van der Waals surface area contributed by atoms with Gasteiger partial charge in [0.2, 0.25) is 5.95 Å². The Hall–Kier alpha value is -2.47. The molecule has 6 heteroatoms. The molecule has 0 bridgehead atoms. The van der Waals surface area contributed by atoms with Gasteiger partial charge in [-0.05, 0) is 24.6 Å². The third-order valence-corrected chi connectivity index (χ3v) is 4.23. The van der Waals surface area contributed by atoms with E-state index in [1.165, 1.54) is 0 Å². The fourth-order valence-corrected chi connectivity index (χ4v) is 2.95. The van der Waals surface area contributed by atoms with Crippen molar-refractivity contribution in [2.75, 3.05) is 31.1 Å². The van der Waals surface area contributed by atoms with E-state index in [1.54, 1.807) is 0 Å². The van der Waals surface area contributed by atoms with E-state index in [1.807, 2.05) is 37.5 Å². The molecule has 0 saturated carbocycles. The van der Waals surface area contributed by atoms with Crippen LogP contribution in [0.3, 0.4) is 0 Å². The van der Waals surface area contributed by atoms with E-state index in [2.05, 4.69) is 35.8 Å². The van der Waals surface area contributed by atoms with Crippen LogP contribution in [0.1, 0.15) is 11.4 Å². The van der Waals surface area contributed by atoms with Crippen molar-refractivity contribution in [2.45, 2.75) is 13.5 Å². The largest absolute Gasteiger partial charge is 0.341 e. The summed E-state index contributed by atoms with van der Waals surface area (Å²) in [6, 6.07) is 8.17. The molecule has 1 fully saturated rings. The van der Waals surface area contributed by atoms with E-state index >= 15 is 0 Å². The highest BCUT2D eigenvalue weighted by atomic mass is 15.3. The predicted octanol–water partition coefficient (Wildman–Crippen LogP) is 1.98. The van der Waals surface area contributed by atoms with Gasteiger partial charge in [-0.1, -0.05) is 12.1 Å². The standard InChI is InChI=1S/C17H20N6/c1-13-10-18-17(19-11-13)23-8-6-22(7-9-23)12-16-20-14-4-2-3-5-15(14)21-16/h2-5,10-11H,6-9,12H2,1H3,(H,20,21). The summed E-state index contributed by atoms with van der Waals surface area (Å²) in [5.74, 6) is 1.87. The molecule has 1 N–H and O–H groups in total. The lowest BCUT2D eigenvalue weighted by Gasteiger charge is -2.34. The molecule has 3 aromatic rings. The van der Waals surface area contributed by atoms with Crippen LogP contribution < -0.4 is 4.90 Å². The molecule has 0 atom stereocenters. The number of H-pyrrole nitrogens is 1. The van der Waals surface area contributed by atoms with Gasteiger partial charge < -0.3 is 9.88 Å². The Morgan fingerprint density at radius 2 is 1.78 bits per heavy atom. The van der Waals surface area contributed by atoms with Crippen LogP contribution >= 0.6 is 0 Å². The zero-order valence-electron chi connectivity index (χ0n) is 13.2. The van der Waals surface area contributed by atoms with Gasteiger partial charge in [-0.25, -0.2) is 15.0 Å². The second-order valence-electron chi connectivity index (χ2n) is 6.02. The molecular formula is C17H20N6. The van der Waals surface area contributed by atoms with Gasteiger partial charge in [0.05, 0.1) is 17.6 Å². The number of aromatic nitrogens is 4. The van der Waals surface area contributed by atoms with Crippen molar-refractivity contribution >= 4 is 17.0 Å². The number of aromatic amines is 1. The summed E-state index contributed by atoms with van der Waals surface area (Å²) in [6.07, 6.45) is 3.76. The van der Waals surface area contributed by atoms with Crippen LogP contribution in [0.15, 0.2) is 36.7 Å². The van der Waals surface area contributed by atoms with E-state index in [9.17, 15) is 0 Å². The number of hydrogen-bond acceptors (Lipinski definition) is 5. The molecule has 1 saturated heterocycles. The van der Waals surface area contributed by atoms with Crippen LogP contribution in [0.2, 0.25) is 0 Å². The van der Waals surface area contributed by atoms with Gasteiger partial charge in [-0.3, -0.25) is 4.90 Å². The number of rotatable bonds is 3. The smallest absolute Gasteiger partial charge is 0.225 e. The molecule has 2 aromatic heterocycles. The zero-order valence-corrected chi connectivity index (χ0v) is 13.2. The third-order valence-electron chi connectivity index (χ3n) is 4.23. The molecular weight excluding hydrogens is 288 g/mol. The highest BCUT2D eigenvalue weighted by Crippen LogP contribution is 2.14. The molecule has 0 aliphatic carbocycles. The Labute approximate surface area is 135 Å². The molecule has 1 aliphatic rings. The SMILES string of the molecule is Cc1cnc(N2CCN(Cc3nc4ccccc4[nH]3)CC2)nc1. The van der Waals surface area contributed by atoms with E-state index in [4.69, 9.17) is 0 Å². The van der Waals surface area contributed by atoms with Crippen molar-refractivity contribution in [1.29, 1.82) is 0 Å². The average Bonchev–Trinajstić information content (AvgIpc) is 2.98. The van der Waals surface area contributed by atoms with Gasteiger partial charge in [0.25, 0.3) is 0 Å². The zero-order chi connectivity index (χ0) is 15.6. The Morgan fingerprint density at radius 1 is 1.04 bits per heavy atom. The number of aryl methyl sites for hydroxylation is 1. The van der Waals surface area contributed by atoms with E-state index in [-0.39, 0.29) is 0 Å². The van der Waals surface area contributed by atoms with E-state index in [0.29, 0.717) is 0 Å². The number of anilines is 1. The summed E-state index contributed by atoms with van der Waals surface area (Å²) in [5, 5.41) is 0. The fourth-order valence-electron chi connectivity index (χ4n) is 2.95. The quantitative estimate of drug-likeness (QED) is 0.802. The minimum Gasteiger partial charge on any atom is -0.341 e. The van der Waals surface area contributed by atoms with Crippen molar-refractivity contribution in [3.63, 3.8) is 0 Å². The van der Waals surface area contributed by atoms with Crippen LogP contribution in [-0.4, -0.2) is 51.0 Å². The topological polar surface area (TPSA) is 60.9 Å². The summed E-state index contributed by atoms with van der Waals surface area (Å²) in [4.78, 5) is 21.6. The third kappa shape index (κ3) is 3.03. The van der Waals surface area contributed by atoms with Crippen LogP contribution in [0.4, 0.5) is 5.95 Å². The van der Waals surface area contributed by atoms with Crippen LogP contribution in [0, 0.1) is 6.92 Å². The number of fused-ring (bicyclic) bond motifs is 1. The molecule has 1 aromatic carbocycles. The first-order valence-corrected chi connectivity index (χ1v) is 7.97. The number of piperazine rings is 1. The van der Waals surface area contributed by atoms with Crippen molar-refractivity contribution in [2.24, 2.45) is 0 Å². The number of imidazole rings is 1. The first kappa shape index (κ1) is 14.1. The molecule has 23 heavy (non-hydrogen) atoms. The lowest BCUT2D eigenvalue weighted by Crippen LogP contribution is -2.46. The maximum absolute atomic E-state index is 4.66. The highest BCUT2D eigenvalue weighted by molar-refractivity contribution is 5.74. The van der Waals surface area contributed by atoms with Gasteiger partial charge in [0, 0.05) is 38.6 Å². The normalized spacial score (nSPS) is 16.1. The van der Waals surface area contributed by atoms with E-state index < -0.39 is 0 Å². The van der Waals surface area contributed by atoms with Crippen molar-refractivity contribution in [3.05, 3.63) is 48.0 Å². The molecule has 6 nitrogen and oxygen atoms in total. The number of hydrogen-bond donors (Lipinski definition) is 1. The molecule has 0 amide bonds. The number of nitrogens with zero attached hydrogens (tertiary/aromatic N) is 5. The van der Waals surface area contributed by atoms with Crippen LogP contribution in [-0.2, 0) is 6.54 Å². The lowest BCUT2D eigenvalue weighted by atomic mass is 10.3. The van der Waals surface area contributed by atoms with Crippen molar-refractivity contribution in [1.82, 2.24) is 24.8 Å². The Kier molecular flexibility index (Phi) is 3.67. The Morgan fingerprint density at radius 3 is 2.52 bits per heavy atom. The first-order chi connectivity index (χ1) is 11.3. The van der Waals surface area contributed by atoms with Gasteiger partial charge >= 0.3 is 0 Å². The van der Waals surface area contributed by atoms with Gasteiger partial charge in [-0.15, -0.1) is 0 Å². The highest BCUT2D eigenvalue weighted by Gasteiger charge is 2.19. The van der Waals surface area contributed by atoms with Crippen LogP contribution in [0.25, 0.3) is 11.0 Å². The average molecular weight is 308 g/mol. The van der Waals surface area contributed by atoms with Crippen molar-refractivity contribution < 1.29 is 0 Å². The lowest BCUT2D eigenvalue weighted by molar-refractivity contribution is 0.244. The summed E-state index contributed by atoms with van der Waals surface area (Å²) in [7, 11) is 0. The van der Waals surface area contributed by atoms with Crippen molar-refractivity contribution in [3.8, 4) is 0 Å². The fraction of sp³-hybridized carbons (Fsp3) is 0.353. The summed E-state index contributed by atoms with van der Waals surface area (Å²) >= 11 is 0. The van der Waals surface area contributed by atoms with Crippen LogP contribution in [0.5, 0.6) is 0 Å². The minimum absolute atomic E-state index is 0.832. The molecule has 1 aliphatic heterocycles. The van der Waals surface area contributed by atoms with E-state index in [0.717, 1.165) is 61.1 Å². The Bertz CT molecular complexity index is 753. The molecule has 3 heterocycles. The molecule has 0 spiro atoms. The molecule has 0 unspecified atom stereocenters. The summed E-state index contributed by atoms with van der Waals surface area (Å²) in [6.45, 7) is 6.75. The number of benzene rings is 1. The number of nitrogens with one attached hydrogen (secondary N) is 1. The van der Waals surface area contributed by atoms with Gasteiger partial charge in [0.1, 0.15) is 5.82 Å². The maximum Gasteiger partial charge on any atom is 0.225 e. The summed E-state index contributed by atoms with van der Waals surface area (Å²) in [5.41, 5.74) is 3.24. The Balaban J connectivity index is 1.38. The first-order valence-electron chi connectivity index (χ1n) is 7.97. The second-order valence-corrected chi connectivity index (χ2v) is 6.02. The number of para-hydroxylation sites is 2. The molecule has 118 valence electrons. The van der Waals surface area contributed by atoms with Gasteiger partial charge in [-0.2, -0.15) is 0 Å². The monoisotopic (exact) mass is 308 g/mol.